The summed E-state index contributed by atoms with van der Waals surface area (Å²) in [5.74, 6) is -0.611. The molecule has 3 aromatic carbocycles. The van der Waals surface area contributed by atoms with Gasteiger partial charge in [0.25, 0.3) is 5.91 Å². The van der Waals surface area contributed by atoms with Gasteiger partial charge in [0.15, 0.2) is 0 Å². The Balaban J connectivity index is 1.54. The van der Waals surface area contributed by atoms with Gasteiger partial charge in [0, 0.05) is 23.6 Å². The van der Waals surface area contributed by atoms with Crippen molar-refractivity contribution in [3.8, 4) is 22.8 Å². The highest BCUT2D eigenvalue weighted by molar-refractivity contribution is 6.11. The van der Waals surface area contributed by atoms with Gasteiger partial charge in [-0.1, -0.05) is 56.3 Å². The number of amides is 1. The Bertz CT molecular complexity index is 1340. The number of carbonyl (C=O) groups excluding carboxylic acids is 2. The minimum atomic E-state index is -0.706. The largest absolute Gasteiger partial charge is 0.508 e. The molecule has 0 fully saturated rings. The number of ether oxygens (including phenoxy) is 1. The SMILES string of the molecule is CC(C)CNC(=O)c1c(-c2ccc(COC(=O)c3ccc(O)cc3O)cc2)oc2ccccc12. The van der Waals surface area contributed by atoms with E-state index in [0.717, 1.165) is 22.6 Å². The lowest BCUT2D eigenvalue weighted by atomic mass is 10.0. The maximum absolute atomic E-state index is 13.0. The minimum Gasteiger partial charge on any atom is -0.508 e. The summed E-state index contributed by atoms with van der Waals surface area (Å²) >= 11 is 0. The first-order valence-corrected chi connectivity index (χ1v) is 10.9. The molecule has 174 valence electrons. The quantitative estimate of drug-likeness (QED) is 0.326. The number of rotatable bonds is 7. The molecule has 3 N–H and O–H groups in total. The summed E-state index contributed by atoms with van der Waals surface area (Å²) in [7, 11) is 0. The van der Waals surface area contributed by atoms with Gasteiger partial charge in [-0.05, 0) is 29.7 Å². The fourth-order valence-corrected chi connectivity index (χ4v) is 3.53. The number of hydrogen-bond donors (Lipinski definition) is 3. The van der Waals surface area contributed by atoms with Gasteiger partial charge in [-0.2, -0.15) is 0 Å². The molecule has 0 unspecified atom stereocenters. The smallest absolute Gasteiger partial charge is 0.342 e. The van der Waals surface area contributed by atoms with E-state index in [1.54, 1.807) is 24.3 Å². The van der Waals surface area contributed by atoms with E-state index in [-0.39, 0.29) is 29.6 Å². The van der Waals surface area contributed by atoms with Gasteiger partial charge < -0.3 is 24.7 Å². The number of carbonyl (C=O) groups is 2. The fraction of sp³-hybridized carbons (Fsp3) is 0.185. The summed E-state index contributed by atoms with van der Waals surface area (Å²) in [5.41, 5.74) is 2.51. The number of furan rings is 1. The summed E-state index contributed by atoms with van der Waals surface area (Å²) in [4.78, 5) is 25.2. The number of aromatic hydroxyl groups is 2. The molecule has 4 rings (SSSR count). The third kappa shape index (κ3) is 4.88. The molecule has 1 aromatic heterocycles. The van der Waals surface area contributed by atoms with Crippen LogP contribution < -0.4 is 5.32 Å². The average molecular weight is 459 g/mol. The molecule has 0 spiro atoms. The molecule has 7 heteroatoms. The molecule has 0 bridgehead atoms. The van der Waals surface area contributed by atoms with Crippen molar-refractivity contribution in [2.75, 3.05) is 6.54 Å². The molecule has 0 aliphatic carbocycles. The minimum absolute atomic E-state index is 0.0126. The summed E-state index contributed by atoms with van der Waals surface area (Å²) in [6.07, 6.45) is 0. The fourth-order valence-electron chi connectivity index (χ4n) is 3.53. The molecule has 0 aliphatic heterocycles. The van der Waals surface area contributed by atoms with E-state index in [1.165, 1.54) is 12.1 Å². The predicted molar refractivity (Wildman–Crippen MR) is 128 cm³/mol. The van der Waals surface area contributed by atoms with Crippen molar-refractivity contribution in [2.24, 2.45) is 5.92 Å². The first-order chi connectivity index (χ1) is 16.3. The molecule has 1 amide bonds. The standard InChI is InChI=1S/C27H25NO6/c1-16(2)14-28-26(31)24-21-5-3-4-6-23(21)34-25(24)18-9-7-17(8-10-18)15-33-27(32)20-12-11-19(29)13-22(20)30/h3-13,16,29-30H,14-15H2,1-2H3,(H,28,31). The lowest BCUT2D eigenvalue weighted by Crippen LogP contribution is -2.27. The second-order valence-electron chi connectivity index (χ2n) is 8.38. The van der Waals surface area contributed by atoms with Crippen LogP contribution >= 0.6 is 0 Å². The van der Waals surface area contributed by atoms with E-state index in [1.807, 2.05) is 38.1 Å². The second kappa shape index (κ2) is 9.70. The van der Waals surface area contributed by atoms with Crippen LogP contribution in [0.25, 0.3) is 22.3 Å². The van der Waals surface area contributed by atoms with E-state index in [2.05, 4.69) is 5.32 Å². The van der Waals surface area contributed by atoms with Gasteiger partial charge in [-0.15, -0.1) is 0 Å². The Morgan fingerprint density at radius 2 is 1.74 bits per heavy atom. The molecule has 7 nitrogen and oxygen atoms in total. The Morgan fingerprint density at radius 1 is 1.00 bits per heavy atom. The Morgan fingerprint density at radius 3 is 2.44 bits per heavy atom. The zero-order chi connectivity index (χ0) is 24.2. The van der Waals surface area contributed by atoms with Crippen molar-refractivity contribution < 1.29 is 29.0 Å². The number of esters is 1. The number of phenols is 2. The lowest BCUT2D eigenvalue weighted by Gasteiger charge is -2.09. The van der Waals surface area contributed by atoms with Crippen molar-refractivity contribution in [2.45, 2.75) is 20.5 Å². The third-order valence-electron chi connectivity index (χ3n) is 5.28. The van der Waals surface area contributed by atoms with E-state index < -0.39 is 5.97 Å². The Hall–Kier alpha value is -4.26. The highest BCUT2D eigenvalue weighted by Gasteiger charge is 2.22. The summed E-state index contributed by atoms with van der Waals surface area (Å²) in [5, 5.41) is 22.9. The number of hydrogen-bond acceptors (Lipinski definition) is 6. The van der Waals surface area contributed by atoms with Crippen molar-refractivity contribution in [1.82, 2.24) is 5.32 Å². The third-order valence-corrected chi connectivity index (χ3v) is 5.28. The van der Waals surface area contributed by atoms with Crippen LogP contribution in [0.4, 0.5) is 0 Å². The Labute approximate surface area is 196 Å². The second-order valence-corrected chi connectivity index (χ2v) is 8.38. The lowest BCUT2D eigenvalue weighted by molar-refractivity contribution is 0.0469. The van der Waals surface area contributed by atoms with Crippen LogP contribution in [-0.2, 0) is 11.3 Å². The summed E-state index contributed by atoms with van der Waals surface area (Å²) < 4.78 is 11.3. The van der Waals surface area contributed by atoms with Crippen LogP contribution in [0.15, 0.2) is 71.1 Å². The van der Waals surface area contributed by atoms with Gasteiger partial charge in [0.05, 0.1) is 5.56 Å². The molecule has 0 atom stereocenters. The molecule has 0 saturated heterocycles. The maximum atomic E-state index is 13.0. The predicted octanol–water partition coefficient (Wildman–Crippen LogP) is 5.25. The average Bonchev–Trinajstić information content (AvgIpc) is 3.21. The van der Waals surface area contributed by atoms with Crippen molar-refractivity contribution in [3.05, 3.63) is 83.4 Å². The normalized spacial score (nSPS) is 11.0. The van der Waals surface area contributed by atoms with Crippen LogP contribution in [0.1, 0.15) is 40.1 Å². The van der Waals surface area contributed by atoms with Gasteiger partial charge in [0.2, 0.25) is 0 Å². The summed E-state index contributed by atoms with van der Waals surface area (Å²) in [6.45, 7) is 4.60. The molecular weight excluding hydrogens is 434 g/mol. The van der Waals surface area contributed by atoms with Gasteiger partial charge in [0.1, 0.15) is 35.0 Å². The number of phenolic OH excluding ortho intramolecular Hbond substituents is 2. The summed E-state index contributed by atoms with van der Waals surface area (Å²) in [6, 6.07) is 18.2. The molecule has 0 saturated carbocycles. The number of nitrogens with one attached hydrogen (secondary N) is 1. The first-order valence-electron chi connectivity index (χ1n) is 10.9. The van der Waals surface area contributed by atoms with Crippen molar-refractivity contribution in [3.63, 3.8) is 0 Å². The van der Waals surface area contributed by atoms with Crippen molar-refractivity contribution in [1.29, 1.82) is 0 Å². The van der Waals surface area contributed by atoms with Gasteiger partial charge in [-0.3, -0.25) is 4.79 Å². The van der Waals surface area contributed by atoms with Crippen LogP contribution in [0.3, 0.4) is 0 Å². The zero-order valence-electron chi connectivity index (χ0n) is 18.9. The van der Waals surface area contributed by atoms with Gasteiger partial charge in [-0.25, -0.2) is 4.79 Å². The first kappa shape index (κ1) is 22.9. The molecule has 1 heterocycles. The van der Waals surface area contributed by atoms with Crippen LogP contribution in [0, 0.1) is 5.92 Å². The Kier molecular flexibility index (Phi) is 6.54. The highest BCUT2D eigenvalue weighted by Crippen LogP contribution is 2.34. The topological polar surface area (TPSA) is 109 Å². The number of fused-ring (bicyclic) bond motifs is 1. The highest BCUT2D eigenvalue weighted by atomic mass is 16.5. The molecule has 0 aliphatic rings. The van der Waals surface area contributed by atoms with Crippen molar-refractivity contribution >= 4 is 22.8 Å². The number of benzene rings is 3. The van der Waals surface area contributed by atoms with E-state index in [0.29, 0.717) is 29.4 Å². The van der Waals surface area contributed by atoms with E-state index >= 15 is 0 Å². The monoisotopic (exact) mass is 459 g/mol. The van der Waals surface area contributed by atoms with Crippen LogP contribution in [-0.4, -0.2) is 28.6 Å². The van der Waals surface area contributed by atoms with Gasteiger partial charge >= 0.3 is 5.97 Å². The van der Waals surface area contributed by atoms with Crippen LogP contribution in [0.5, 0.6) is 11.5 Å². The van der Waals surface area contributed by atoms with Crippen LogP contribution in [0.2, 0.25) is 0 Å². The molecule has 0 radical (unpaired) electrons. The molecular formula is C27H25NO6. The van der Waals surface area contributed by atoms with E-state index in [4.69, 9.17) is 9.15 Å². The zero-order valence-corrected chi connectivity index (χ0v) is 18.9. The van der Waals surface area contributed by atoms with E-state index in [9.17, 15) is 19.8 Å². The maximum Gasteiger partial charge on any atom is 0.342 e. The molecule has 4 aromatic rings. The number of para-hydroxylation sites is 1. The molecule has 34 heavy (non-hydrogen) atoms.